The maximum atomic E-state index is 11.2. The Kier molecular flexibility index (Phi) is 3.29. The van der Waals surface area contributed by atoms with E-state index in [2.05, 4.69) is 6.58 Å². The molecule has 0 aromatic carbocycles. The second-order valence-electron chi connectivity index (χ2n) is 2.71. The standard InChI is InChI=1S/C8H10O2S2/c1-5(2)7(9)3-6-4-12-8(11)10-6/h6H,1,3-4H2,2H3. The van der Waals surface area contributed by atoms with E-state index in [1.807, 2.05) is 0 Å². The molecule has 0 bridgehead atoms. The van der Waals surface area contributed by atoms with E-state index in [1.165, 1.54) is 11.8 Å². The van der Waals surface area contributed by atoms with Crippen molar-refractivity contribution in [1.82, 2.24) is 0 Å². The van der Waals surface area contributed by atoms with Crippen LogP contribution in [0.4, 0.5) is 0 Å². The van der Waals surface area contributed by atoms with Crippen LogP contribution in [-0.2, 0) is 9.53 Å². The van der Waals surface area contributed by atoms with Crippen LogP contribution in [0.15, 0.2) is 12.2 Å². The van der Waals surface area contributed by atoms with Crippen LogP contribution in [0.5, 0.6) is 0 Å². The van der Waals surface area contributed by atoms with E-state index < -0.39 is 0 Å². The van der Waals surface area contributed by atoms with Gasteiger partial charge in [-0.1, -0.05) is 18.3 Å². The van der Waals surface area contributed by atoms with Crippen LogP contribution in [0.25, 0.3) is 0 Å². The Morgan fingerprint density at radius 1 is 1.92 bits per heavy atom. The Labute approximate surface area is 81.4 Å². The zero-order valence-electron chi connectivity index (χ0n) is 6.83. The number of ether oxygens (including phenoxy) is 1. The number of carbonyl (C=O) groups excluding carboxylic acids is 1. The Hall–Kier alpha value is -0.350. The number of allylic oxidation sites excluding steroid dienone is 1. The fourth-order valence-electron chi connectivity index (χ4n) is 0.847. The molecule has 1 saturated heterocycles. The van der Waals surface area contributed by atoms with Crippen molar-refractivity contribution in [2.75, 3.05) is 5.75 Å². The van der Waals surface area contributed by atoms with Gasteiger partial charge in [0.15, 0.2) is 5.78 Å². The van der Waals surface area contributed by atoms with Crippen LogP contribution >= 0.6 is 24.0 Å². The van der Waals surface area contributed by atoms with Crippen LogP contribution in [0.3, 0.4) is 0 Å². The molecule has 1 aliphatic rings. The second kappa shape index (κ2) is 4.05. The minimum atomic E-state index is -0.0355. The topological polar surface area (TPSA) is 26.3 Å². The van der Waals surface area contributed by atoms with Crippen molar-refractivity contribution >= 4 is 34.1 Å². The first-order chi connectivity index (χ1) is 5.59. The molecular weight excluding hydrogens is 192 g/mol. The van der Waals surface area contributed by atoms with Gasteiger partial charge in [0.2, 0.25) is 4.38 Å². The Bertz CT molecular complexity index is 235. The quantitative estimate of drug-likeness (QED) is 0.516. The average Bonchev–Trinajstić information content (AvgIpc) is 2.35. The molecule has 1 atom stereocenters. The number of ketones is 1. The third-order valence-electron chi connectivity index (χ3n) is 1.54. The van der Waals surface area contributed by atoms with Crippen molar-refractivity contribution in [1.29, 1.82) is 0 Å². The van der Waals surface area contributed by atoms with Gasteiger partial charge < -0.3 is 4.74 Å². The molecule has 1 heterocycles. The van der Waals surface area contributed by atoms with Crippen molar-refractivity contribution in [2.24, 2.45) is 0 Å². The number of thiocarbonyl (C=S) groups is 1. The summed E-state index contributed by atoms with van der Waals surface area (Å²) in [5.41, 5.74) is 0.585. The number of hydrogen-bond acceptors (Lipinski definition) is 4. The van der Waals surface area contributed by atoms with Crippen molar-refractivity contribution in [3.8, 4) is 0 Å². The number of rotatable bonds is 3. The van der Waals surface area contributed by atoms with Gasteiger partial charge in [0.1, 0.15) is 6.10 Å². The van der Waals surface area contributed by atoms with E-state index in [0.717, 1.165) is 5.75 Å². The summed E-state index contributed by atoms with van der Waals surface area (Å²) in [6.07, 6.45) is 0.370. The third-order valence-corrected chi connectivity index (χ3v) is 2.86. The highest BCUT2D eigenvalue weighted by molar-refractivity contribution is 8.22. The van der Waals surface area contributed by atoms with Gasteiger partial charge in [0.05, 0.1) is 0 Å². The molecule has 0 radical (unpaired) electrons. The van der Waals surface area contributed by atoms with Crippen LogP contribution < -0.4 is 0 Å². The van der Waals surface area contributed by atoms with Crippen LogP contribution in [0, 0.1) is 0 Å². The molecule has 1 rings (SSSR count). The molecule has 0 N–H and O–H groups in total. The Balaban J connectivity index is 2.37. The van der Waals surface area contributed by atoms with Crippen molar-refractivity contribution < 1.29 is 9.53 Å². The lowest BCUT2D eigenvalue weighted by Gasteiger charge is -2.06. The third kappa shape index (κ3) is 2.60. The summed E-state index contributed by atoms with van der Waals surface area (Å²) >= 11 is 6.31. The Morgan fingerprint density at radius 3 is 3.00 bits per heavy atom. The van der Waals surface area contributed by atoms with Crippen LogP contribution in [0.2, 0.25) is 0 Å². The minimum absolute atomic E-state index is 0.0355. The number of hydrogen-bond donors (Lipinski definition) is 0. The normalized spacial score (nSPS) is 22.1. The molecule has 0 aliphatic carbocycles. The largest absolute Gasteiger partial charge is 0.474 e. The second-order valence-corrected chi connectivity index (χ2v) is 4.33. The van der Waals surface area contributed by atoms with Crippen LogP contribution in [-0.4, -0.2) is 22.0 Å². The summed E-state index contributed by atoms with van der Waals surface area (Å²) in [7, 11) is 0. The lowest BCUT2D eigenvalue weighted by atomic mass is 10.1. The van der Waals surface area contributed by atoms with E-state index in [4.69, 9.17) is 17.0 Å². The predicted octanol–water partition coefficient (Wildman–Crippen LogP) is 1.94. The van der Waals surface area contributed by atoms with E-state index in [1.54, 1.807) is 6.92 Å². The highest BCUT2D eigenvalue weighted by atomic mass is 32.2. The molecule has 0 saturated carbocycles. The zero-order chi connectivity index (χ0) is 9.14. The van der Waals surface area contributed by atoms with Gasteiger partial charge in [-0.3, -0.25) is 4.79 Å². The first-order valence-electron chi connectivity index (χ1n) is 3.61. The summed E-state index contributed by atoms with van der Waals surface area (Å²) in [4.78, 5) is 11.2. The zero-order valence-corrected chi connectivity index (χ0v) is 8.46. The molecule has 1 fully saturated rings. The SMILES string of the molecule is C=C(C)C(=O)CC1CSC(=S)O1. The molecular formula is C8H10O2S2. The number of thioether (sulfide) groups is 1. The fraction of sp³-hybridized carbons (Fsp3) is 0.500. The van der Waals surface area contributed by atoms with Gasteiger partial charge in [-0.15, -0.1) is 0 Å². The van der Waals surface area contributed by atoms with Crippen LogP contribution in [0.1, 0.15) is 13.3 Å². The van der Waals surface area contributed by atoms with E-state index >= 15 is 0 Å². The first kappa shape index (κ1) is 9.74. The van der Waals surface area contributed by atoms with E-state index in [9.17, 15) is 4.79 Å². The lowest BCUT2D eigenvalue weighted by Crippen LogP contribution is -2.15. The minimum Gasteiger partial charge on any atom is -0.474 e. The maximum Gasteiger partial charge on any atom is 0.220 e. The maximum absolute atomic E-state index is 11.2. The summed E-state index contributed by atoms with van der Waals surface area (Å²) in [6, 6.07) is 0. The summed E-state index contributed by atoms with van der Waals surface area (Å²) < 4.78 is 5.77. The first-order valence-corrected chi connectivity index (χ1v) is 5.01. The molecule has 1 unspecified atom stereocenters. The highest BCUT2D eigenvalue weighted by Gasteiger charge is 2.23. The van der Waals surface area contributed by atoms with Crippen molar-refractivity contribution in [3.63, 3.8) is 0 Å². The monoisotopic (exact) mass is 202 g/mol. The molecule has 12 heavy (non-hydrogen) atoms. The molecule has 2 nitrogen and oxygen atoms in total. The molecule has 4 heteroatoms. The smallest absolute Gasteiger partial charge is 0.220 e. The van der Waals surface area contributed by atoms with E-state index in [-0.39, 0.29) is 11.9 Å². The van der Waals surface area contributed by atoms with Gasteiger partial charge in [-0.25, -0.2) is 0 Å². The average molecular weight is 202 g/mol. The molecule has 0 amide bonds. The van der Waals surface area contributed by atoms with Gasteiger partial charge in [-0.2, -0.15) is 0 Å². The van der Waals surface area contributed by atoms with Gasteiger partial charge in [0.25, 0.3) is 0 Å². The predicted molar refractivity (Wildman–Crippen MR) is 54.4 cm³/mol. The van der Waals surface area contributed by atoms with Gasteiger partial charge in [0, 0.05) is 12.2 Å². The van der Waals surface area contributed by atoms with Crippen molar-refractivity contribution in [3.05, 3.63) is 12.2 Å². The molecule has 0 aromatic rings. The van der Waals surface area contributed by atoms with Gasteiger partial charge >= 0.3 is 0 Å². The molecule has 0 aromatic heterocycles. The van der Waals surface area contributed by atoms with Crippen molar-refractivity contribution in [2.45, 2.75) is 19.4 Å². The lowest BCUT2D eigenvalue weighted by molar-refractivity contribution is -0.116. The number of carbonyl (C=O) groups is 1. The summed E-state index contributed by atoms with van der Waals surface area (Å²) in [5.74, 6) is 0.850. The molecule has 66 valence electrons. The summed E-state index contributed by atoms with van der Waals surface area (Å²) in [5, 5.41) is 0. The van der Waals surface area contributed by atoms with Gasteiger partial charge in [-0.05, 0) is 24.7 Å². The highest BCUT2D eigenvalue weighted by Crippen LogP contribution is 2.22. The van der Waals surface area contributed by atoms with E-state index in [0.29, 0.717) is 16.4 Å². The summed E-state index contributed by atoms with van der Waals surface area (Å²) in [6.45, 7) is 5.28. The molecule has 1 aliphatic heterocycles. The molecule has 0 spiro atoms. The fourth-order valence-corrected chi connectivity index (χ4v) is 1.90. The number of Topliss-reactive ketones (excluding diaryl/α,β-unsaturated/α-hetero) is 1. The Morgan fingerprint density at radius 2 is 2.58 bits per heavy atom.